The van der Waals surface area contributed by atoms with Gasteiger partial charge in [-0.1, -0.05) is 41.4 Å². The van der Waals surface area contributed by atoms with Gasteiger partial charge in [-0.3, -0.25) is 4.79 Å². The number of amides is 1. The van der Waals surface area contributed by atoms with E-state index in [-0.39, 0.29) is 12.5 Å². The van der Waals surface area contributed by atoms with E-state index in [1.54, 1.807) is 13.2 Å². The molecule has 0 heterocycles. The van der Waals surface area contributed by atoms with Gasteiger partial charge in [-0.15, -0.1) is 0 Å². The molecule has 3 aromatic carbocycles. The quantitative estimate of drug-likeness (QED) is 0.494. The Bertz CT molecular complexity index is 1020. The van der Waals surface area contributed by atoms with Gasteiger partial charge in [0.05, 0.1) is 7.11 Å². The fourth-order valence-electron chi connectivity index (χ4n) is 2.91. The molecule has 0 spiro atoms. The van der Waals surface area contributed by atoms with Gasteiger partial charge in [-0.2, -0.15) is 0 Å². The minimum atomic E-state index is -0.233. The number of hydrogen-bond donors (Lipinski definition) is 2. The van der Waals surface area contributed by atoms with Crippen molar-refractivity contribution in [3.8, 4) is 11.5 Å². The maximum absolute atomic E-state index is 12.2. The van der Waals surface area contributed by atoms with E-state index in [0.717, 1.165) is 33.1 Å². The first kappa shape index (κ1) is 21.5. The monoisotopic (exact) mass is 424 g/mol. The van der Waals surface area contributed by atoms with Crippen LogP contribution < -0.4 is 20.1 Å². The Morgan fingerprint density at radius 1 is 1.00 bits per heavy atom. The summed E-state index contributed by atoms with van der Waals surface area (Å²) in [5.74, 6) is 0.850. The standard InChI is InChI=1S/C24H25ClN2O3/c1-16-7-10-19(11-8-16)27-24(28)15-30-22-12-9-18(13-23(22)29-3)14-26-21-6-4-5-20(25)17(21)2/h4-13,26H,14-15H2,1-3H3,(H,27,28). The fraction of sp³-hybridized carbons (Fsp3) is 0.208. The number of anilines is 2. The average Bonchev–Trinajstić information content (AvgIpc) is 2.75. The molecule has 0 unspecified atom stereocenters. The van der Waals surface area contributed by atoms with Gasteiger partial charge in [0.1, 0.15) is 0 Å². The lowest BCUT2D eigenvalue weighted by Crippen LogP contribution is -2.20. The third kappa shape index (κ3) is 5.67. The van der Waals surface area contributed by atoms with E-state index >= 15 is 0 Å². The molecule has 1 amide bonds. The number of halogens is 1. The maximum atomic E-state index is 12.2. The highest BCUT2D eigenvalue weighted by molar-refractivity contribution is 6.31. The molecular formula is C24H25ClN2O3. The molecule has 0 fully saturated rings. The van der Waals surface area contributed by atoms with Crippen LogP contribution in [0.4, 0.5) is 11.4 Å². The van der Waals surface area contributed by atoms with Gasteiger partial charge < -0.3 is 20.1 Å². The first-order valence-corrected chi connectivity index (χ1v) is 9.99. The van der Waals surface area contributed by atoms with Gasteiger partial charge in [-0.25, -0.2) is 0 Å². The van der Waals surface area contributed by atoms with Crippen molar-refractivity contribution in [3.63, 3.8) is 0 Å². The van der Waals surface area contributed by atoms with E-state index in [0.29, 0.717) is 18.0 Å². The summed E-state index contributed by atoms with van der Waals surface area (Å²) in [5.41, 5.74) is 4.87. The normalized spacial score (nSPS) is 10.4. The molecule has 0 bridgehead atoms. The van der Waals surface area contributed by atoms with Gasteiger partial charge in [0.25, 0.3) is 5.91 Å². The number of benzene rings is 3. The highest BCUT2D eigenvalue weighted by atomic mass is 35.5. The summed E-state index contributed by atoms with van der Waals surface area (Å²) in [6, 6.07) is 19.0. The molecule has 0 aliphatic carbocycles. The summed E-state index contributed by atoms with van der Waals surface area (Å²) < 4.78 is 11.1. The predicted octanol–water partition coefficient (Wildman–Crippen LogP) is 5.60. The van der Waals surface area contributed by atoms with Crippen molar-refractivity contribution in [2.75, 3.05) is 24.4 Å². The lowest BCUT2D eigenvalue weighted by molar-refractivity contribution is -0.118. The van der Waals surface area contributed by atoms with Crippen molar-refractivity contribution in [1.82, 2.24) is 0 Å². The highest BCUT2D eigenvalue weighted by Crippen LogP contribution is 2.29. The van der Waals surface area contributed by atoms with Gasteiger partial charge in [0.15, 0.2) is 18.1 Å². The van der Waals surface area contributed by atoms with Crippen LogP contribution in [0.25, 0.3) is 0 Å². The van der Waals surface area contributed by atoms with Crippen molar-refractivity contribution in [2.24, 2.45) is 0 Å². The summed E-state index contributed by atoms with van der Waals surface area (Å²) >= 11 is 6.17. The average molecular weight is 425 g/mol. The molecule has 30 heavy (non-hydrogen) atoms. The summed E-state index contributed by atoms with van der Waals surface area (Å²) in [4.78, 5) is 12.2. The van der Waals surface area contributed by atoms with E-state index in [1.165, 1.54) is 0 Å². The number of ether oxygens (including phenoxy) is 2. The molecule has 0 radical (unpaired) electrons. The molecule has 0 aliphatic rings. The summed E-state index contributed by atoms with van der Waals surface area (Å²) in [7, 11) is 1.58. The fourth-order valence-corrected chi connectivity index (χ4v) is 3.09. The Morgan fingerprint density at radius 3 is 2.50 bits per heavy atom. The van der Waals surface area contributed by atoms with E-state index in [4.69, 9.17) is 21.1 Å². The Labute approximate surface area is 182 Å². The molecule has 156 valence electrons. The third-order valence-electron chi connectivity index (χ3n) is 4.67. The van der Waals surface area contributed by atoms with Crippen LogP contribution in [0.5, 0.6) is 11.5 Å². The first-order chi connectivity index (χ1) is 14.5. The zero-order valence-electron chi connectivity index (χ0n) is 17.3. The van der Waals surface area contributed by atoms with Crippen molar-refractivity contribution in [2.45, 2.75) is 20.4 Å². The Balaban J connectivity index is 1.59. The van der Waals surface area contributed by atoms with Gasteiger partial charge in [0, 0.05) is 22.9 Å². The van der Waals surface area contributed by atoms with Crippen molar-refractivity contribution >= 4 is 28.9 Å². The van der Waals surface area contributed by atoms with Crippen LogP contribution in [-0.2, 0) is 11.3 Å². The number of carbonyl (C=O) groups excluding carboxylic acids is 1. The van der Waals surface area contributed by atoms with Crippen LogP contribution in [0.15, 0.2) is 60.7 Å². The second-order valence-corrected chi connectivity index (χ2v) is 7.36. The van der Waals surface area contributed by atoms with Crippen LogP contribution in [0.1, 0.15) is 16.7 Å². The number of methoxy groups -OCH3 is 1. The SMILES string of the molecule is COc1cc(CNc2cccc(Cl)c2C)ccc1OCC(=O)Nc1ccc(C)cc1. The Hall–Kier alpha value is -3.18. The molecule has 0 aromatic heterocycles. The Kier molecular flexibility index (Phi) is 7.20. The van der Waals surface area contributed by atoms with Crippen LogP contribution in [0.3, 0.4) is 0 Å². The number of hydrogen-bond acceptors (Lipinski definition) is 4. The van der Waals surface area contributed by atoms with Gasteiger partial charge >= 0.3 is 0 Å². The molecule has 3 aromatic rings. The third-order valence-corrected chi connectivity index (χ3v) is 5.08. The van der Waals surface area contributed by atoms with Crippen molar-refractivity contribution < 1.29 is 14.3 Å². The molecule has 2 N–H and O–H groups in total. The molecule has 0 saturated heterocycles. The van der Waals surface area contributed by atoms with E-state index in [9.17, 15) is 4.79 Å². The topological polar surface area (TPSA) is 59.6 Å². The summed E-state index contributed by atoms with van der Waals surface area (Å²) in [5, 5.41) is 6.92. The van der Waals surface area contributed by atoms with Crippen molar-refractivity contribution in [3.05, 3.63) is 82.4 Å². The zero-order valence-corrected chi connectivity index (χ0v) is 18.0. The van der Waals surface area contributed by atoms with Gasteiger partial charge in [0.2, 0.25) is 0 Å². The second-order valence-electron chi connectivity index (χ2n) is 6.95. The number of rotatable bonds is 8. The van der Waals surface area contributed by atoms with Gasteiger partial charge in [-0.05, 0) is 61.4 Å². The zero-order chi connectivity index (χ0) is 21.5. The molecule has 5 nitrogen and oxygen atoms in total. The maximum Gasteiger partial charge on any atom is 0.262 e. The summed E-state index contributed by atoms with van der Waals surface area (Å²) in [6.45, 7) is 4.47. The lowest BCUT2D eigenvalue weighted by Gasteiger charge is -2.14. The molecule has 0 saturated carbocycles. The number of nitrogens with one attached hydrogen (secondary N) is 2. The van der Waals surface area contributed by atoms with Crippen LogP contribution in [-0.4, -0.2) is 19.6 Å². The number of aryl methyl sites for hydroxylation is 1. The van der Waals surface area contributed by atoms with Crippen LogP contribution in [0.2, 0.25) is 5.02 Å². The highest BCUT2D eigenvalue weighted by Gasteiger charge is 2.10. The first-order valence-electron chi connectivity index (χ1n) is 9.61. The number of carbonyl (C=O) groups is 1. The second kappa shape index (κ2) is 10.0. The minimum absolute atomic E-state index is 0.108. The van der Waals surface area contributed by atoms with Crippen LogP contribution >= 0.6 is 11.6 Å². The van der Waals surface area contributed by atoms with Crippen molar-refractivity contribution in [1.29, 1.82) is 0 Å². The van der Waals surface area contributed by atoms with E-state index in [1.807, 2.05) is 68.4 Å². The largest absolute Gasteiger partial charge is 0.493 e. The minimum Gasteiger partial charge on any atom is -0.493 e. The smallest absolute Gasteiger partial charge is 0.262 e. The predicted molar refractivity (Wildman–Crippen MR) is 122 cm³/mol. The molecular weight excluding hydrogens is 400 g/mol. The molecule has 3 rings (SSSR count). The molecule has 6 heteroatoms. The Morgan fingerprint density at radius 2 is 1.77 bits per heavy atom. The van der Waals surface area contributed by atoms with Crippen LogP contribution in [0, 0.1) is 13.8 Å². The van der Waals surface area contributed by atoms with E-state index in [2.05, 4.69) is 10.6 Å². The molecule has 0 aliphatic heterocycles. The molecule has 0 atom stereocenters. The lowest BCUT2D eigenvalue weighted by atomic mass is 10.1. The van der Waals surface area contributed by atoms with E-state index < -0.39 is 0 Å². The summed E-state index contributed by atoms with van der Waals surface area (Å²) in [6.07, 6.45) is 0.